The van der Waals surface area contributed by atoms with Gasteiger partial charge in [-0.05, 0) is 18.2 Å². The molecule has 0 saturated carbocycles. The molecule has 1 saturated heterocycles. The minimum Gasteiger partial charge on any atom is -0.399 e. The predicted molar refractivity (Wildman–Crippen MR) is 84.8 cm³/mol. The number of hydrogen-bond acceptors (Lipinski definition) is 5. The first kappa shape index (κ1) is 13.5. The fraction of sp³-hybridized carbons (Fsp3) is 0.333. The van der Waals surface area contributed by atoms with Gasteiger partial charge in [0.05, 0.1) is 0 Å². The zero-order valence-corrected chi connectivity index (χ0v) is 12.1. The summed E-state index contributed by atoms with van der Waals surface area (Å²) >= 11 is 0. The third kappa shape index (κ3) is 2.69. The summed E-state index contributed by atoms with van der Waals surface area (Å²) in [6, 6.07) is 7.89. The largest absolute Gasteiger partial charge is 0.399 e. The zero-order chi connectivity index (χ0) is 14.8. The van der Waals surface area contributed by atoms with Gasteiger partial charge in [-0.1, -0.05) is 6.07 Å². The van der Waals surface area contributed by atoms with Crippen molar-refractivity contribution in [2.75, 3.05) is 41.7 Å². The number of hydrogen-bond donors (Lipinski definition) is 1. The molecule has 6 heteroatoms. The molecule has 0 atom stereocenters. The summed E-state index contributed by atoms with van der Waals surface area (Å²) in [5.74, 6) is 0.534. The van der Waals surface area contributed by atoms with Gasteiger partial charge in [0.2, 0.25) is 0 Å². The molecule has 0 unspecified atom stereocenters. The van der Waals surface area contributed by atoms with Crippen LogP contribution in [-0.4, -0.2) is 35.7 Å². The van der Waals surface area contributed by atoms with Crippen LogP contribution in [0, 0.1) is 0 Å². The van der Waals surface area contributed by atoms with Crippen LogP contribution in [0.5, 0.6) is 0 Å². The van der Waals surface area contributed by atoms with Gasteiger partial charge in [-0.25, -0.2) is 4.98 Å². The lowest BCUT2D eigenvalue weighted by Gasteiger charge is -2.36. The van der Waals surface area contributed by atoms with E-state index in [2.05, 4.69) is 16.0 Å². The first-order chi connectivity index (χ1) is 10.1. The Hall–Kier alpha value is -2.50. The van der Waals surface area contributed by atoms with Crippen LogP contribution in [0.1, 0.15) is 0 Å². The van der Waals surface area contributed by atoms with Gasteiger partial charge in [-0.2, -0.15) is 0 Å². The maximum atomic E-state index is 12.1. The summed E-state index contributed by atoms with van der Waals surface area (Å²) in [5, 5.41) is 0. The van der Waals surface area contributed by atoms with E-state index in [0.29, 0.717) is 5.82 Å². The molecule has 6 nitrogen and oxygen atoms in total. The molecule has 1 aliphatic rings. The highest BCUT2D eigenvalue weighted by atomic mass is 16.1. The van der Waals surface area contributed by atoms with Crippen molar-refractivity contribution in [2.24, 2.45) is 7.05 Å². The van der Waals surface area contributed by atoms with Crippen LogP contribution in [0.4, 0.5) is 17.2 Å². The van der Waals surface area contributed by atoms with Gasteiger partial charge in [0.15, 0.2) is 5.82 Å². The highest BCUT2D eigenvalue weighted by Gasteiger charge is 2.20. The molecule has 2 N–H and O–H groups in total. The van der Waals surface area contributed by atoms with Crippen molar-refractivity contribution >= 4 is 17.2 Å². The second-order valence-electron chi connectivity index (χ2n) is 5.24. The van der Waals surface area contributed by atoms with Crippen LogP contribution in [0.2, 0.25) is 0 Å². The predicted octanol–water partition coefficient (Wildman–Crippen LogP) is 0.689. The average Bonchev–Trinajstić information content (AvgIpc) is 2.50. The Morgan fingerprint density at radius 2 is 1.86 bits per heavy atom. The van der Waals surface area contributed by atoms with Crippen molar-refractivity contribution in [3.8, 4) is 0 Å². The Morgan fingerprint density at radius 3 is 2.57 bits per heavy atom. The minimum atomic E-state index is -0.0464. The van der Waals surface area contributed by atoms with Gasteiger partial charge >= 0.3 is 0 Å². The summed E-state index contributed by atoms with van der Waals surface area (Å²) < 4.78 is 1.56. The Kier molecular flexibility index (Phi) is 3.51. The van der Waals surface area contributed by atoms with E-state index in [0.717, 1.165) is 37.6 Å². The summed E-state index contributed by atoms with van der Waals surface area (Å²) in [6.07, 6.45) is 3.34. The first-order valence-corrected chi connectivity index (χ1v) is 7.02. The summed E-state index contributed by atoms with van der Waals surface area (Å²) in [6.45, 7) is 3.26. The summed E-state index contributed by atoms with van der Waals surface area (Å²) in [5.41, 5.74) is 7.68. The normalized spacial score (nSPS) is 15.3. The van der Waals surface area contributed by atoms with Gasteiger partial charge in [-0.3, -0.25) is 4.79 Å². The number of aryl methyl sites for hydroxylation is 1. The number of nitrogen functional groups attached to an aromatic ring is 1. The van der Waals surface area contributed by atoms with E-state index < -0.39 is 0 Å². The topological polar surface area (TPSA) is 67.4 Å². The van der Waals surface area contributed by atoms with Crippen LogP contribution in [0.3, 0.4) is 0 Å². The molecule has 2 aromatic rings. The lowest BCUT2D eigenvalue weighted by Crippen LogP contribution is -2.48. The fourth-order valence-electron chi connectivity index (χ4n) is 2.60. The standard InChI is InChI=1S/C15H19N5O/c1-18-6-5-17-14(15(18)21)20-9-7-19(8-10-20)13-4-2-3-12(16)11-13/h2-6,11H,7-10,16H2,1H3. The maximum Gasteiger partial charge on any atom is 0.293 e. The second kappa shape index (κ2) is 5.47. The van der Waals surface area contributed by atoms with Gasteiger partial charge in [0.1, 0.15) is 0 Å². The van der Waals surface area contributed by atoms with E-state index in [4.69, 9.17) is 5.73 Å². The monoisotopic (exact) mass is 285 g/mol. The van der Waals surface area contributed by atoms with E-state index in [1.54, 1.807) is 24.0 Å². The molecule has 0 aliphatic carbocycles. The van der Waals surface area contributed by atoms with Crippen LogP contribution >= 0.6 is 0 Å². The molecule has 0 spiro atoms. The Bertz CT molecular complexity index is 688. The third-order valence-corrected chi connectivity index (χ3v) is 3.81. The number of nitrogens with zero attached hydrogens (tertiary/aromatic N) is 4. The van der Waals surface area contributed by atoms with Gasteiger partial charge < -0.3 is 20.1 Å². The average molecular weight is 285 g/mol. The van der Waals surface area contributed by atoms with E-state index in [9.17, 15) is 4.79 Å². The SMILES string of the molecule is Cn1ccnc(N2CCN(c3cccc(N)c3)CC2)c1=O. The van der Waals surface area contributed by atoms with Crippen molar-refractivity contribution in [1.82, 2.24) is 9.55 Å². The Labute approximate surface area is 123 Å². The lowest BCUT2D eigenvalue weighted by atomic mass is 10.2. The highest BCUT2D eigenvalue weighted by molar-refractivity contribution is 5.57. The van der Waals surface area contributed by atoms with Crippen molar-refractivity contribution in [1.29, 1.82) is 0 Å². The quantitative estimate of drug-likeness (QED) is 0.822. The number of anilines is 3. The van der Waals surface area contributed by atoms with Crippen LogP contribution in [0.25, 0.3) is 0 Å². The molecule has 0 bridgehead atoms. The fourth-order valence-corrected chi connectivity index (χ4v) is 2.60. The molecule has 1 aromatic carbocycles. The van der Waals surface area contributed by atoms with E-state index in [1.165, 1.54) is 0 Å². The van der Waals surface area contributed by atoms with Gasteiger partial charge in [-0.15, -0.1) is 0 Å². The first-order valence-electron chi connectivity index (χ1n) is 7.02. The molecule has 1 aliphatic heterocycles. The minimum absolute atomic E-state index is 0.0464. The number of nitrogens with two attached hydrogens (primary N) is 1. The molecule has 110 valence electrons. The summed E-state index contributed by atoms with van der Waals surface area (Å²) in [4.78, 5) is 20.6. The molecule has 3 rings (SSSR count). The number of rotatable bonds is 2. The van der Waals surface area contributed by atoms with Crippen molar-refractivity contribution < 1.29 is 0 Å². The molecule has 1 fully saturated rings. The Morgan fingerprint density at radius 1 is 1.14 bits per heavy atom. The molecular formula is C15H19N5O. The van der Waals surface area contributed by atoms with Crippen LogP contribution < -0.4 is 21.1 Å². The van der Waals surface area contributed by atoms with E-state index >= 15 is 0 Å². The van der Waals surface area contributed by atoms with Crippen molar-refractivity contribution in [2.45, 2.75) is 0 Å². The number of aromatic nitrogens is 2. The molecule has 1 aromatic heterocycles. The molecule has 0 amide bonds. The highest BCUT2D eigenvalue weighted by Crippen LogP contribution is 2.20. The third-order valence-electron chi connectivity index (χ3n) is 3.81. The van der Waals surface area contributed by atoms with Crippen LogP contribution in [-0.2, 0) is 7.05 Å². The zero-order valence-electron chi connectivity index (χ0n) is 12.1. The maximum absolute atomic E-state index is 12.1. The number of benzene rings is 1. The van der Waals surface area contributed by atoms with Crippen LogP contribution in [0.15, 0.2) is 41.5 Å². The Balaban J connectivity index is 1.73. The van der Waals surface area contributed by atoms with E-state index in [-0.39, 0.29) is 5.56 Å². The molecule has 0 radical (unpaired) electrons. The molecule has 2 heterocycles. The van der Waals surface area contributed by atoms with Gasteiger partial charge in [0, 0.05) is 57.0 Å². The molecular weight excluding hydrogens is 266 g/mol. The summed E-state index contributed by atoms with van der Waals surface area (Å²) in [7, 11) is 1.75. The van der Waals surface area contributed by atoms with Crippen molar-refractivity contribution in [3.05, 3.63) is 47.0 Å². The van der Waals surface area contributed by atoms with E-state index in [1.807, 2.05) is 23.1 Å². The number of piperazine rings is 1. The lowest BCUT2D eigenvalue weighted by molar-refractivity contribution is 0.639. The molecule has 21 heavy (non-hydrogen) atoms. The van der Waals surface area contributed by atoms with Gasteiger partial charge in [0.25, 0.3) is 5.56 Å². The smallest absolute Gasteiger partial charge is 0.293 e. The van der Waals surface area contributed by atoms with Crippen molar-refractivity contribution in [3.63, 3.8) is 0 Å². The second-order valence-corrected chi connectivity index (χ2v) is 5.24.